The highest BCUT2D eigenvalue weighted by molar-refractivity contribution is 5.40. The number of nitrogens with one attached hydrogen (secondary N) is 1. The summed E-state index contributed by atoms with van der Waals surface area (Å²) in [6.07, 6.45) is 2.39. The summed E-state index contributed by atoms with van der Waals surface area (Å²) >= 11 is 0. The van der Waals surface area contributed by atoms with E-state index in [1.54, 1.807) is 7.11 Å². The van der Waals surface area contributed by atoms with Gasteiger partial charge in [-0.3, -0.25) is 0 Å². The minimum Gasteiger partial charge on any atom is -0.497 e. The van der Waals surface area contributed by atoms with Crippen LogP contribution in [0.3, 0.4) is 0 Å². The maximum atomic E-state index is 5.39. The molecule has 3 heteroatoms. The van der Waals surface area contributed by atoms with Crippen LogP contribution in [-0.4, -0.2) is 38.2 Å². The lowest BCUT2D eigenvalue weighted by Gasteiger charge is -2.39. The number of methoxy groups -OCH3 is 1. The standard InChI is InChI=1S/C16H26N2O/c1-5-17-16-14-11-13(19-4)9-7-12(14)8-10-15(16)18(3)6-2/h7,9,11,15-17H,5-6,8,10H2,1-4H3. The molecule has 1 aliphatic carbocycles. The van der Waals surface area contributed by atoms with Crippen molar-refractivity contribution in [2.45, 2.75) is 38.8 Å². The summed E-state index contributed by atoms with van der Waals surface area (Å²) in [5.41, 5.74) is 2.88. The maximum Gasteiger partial charge on any atom is 0.119 e. The molecule has 1 aromatic rings. The van der Waals surface area contributed by atoms with Crippen molar-refractivity contribution in [1.82, 2.24) is 10.2 Å². The summed E-state index contributed by atoms with van der Waals surface area (Å²) < 4.78 is 5.39. The van der Waals surface area contributed by atoms with Gasteiger partial charge in [-0.2, -0.15) is 0 Å². The van der Waals surface area contributed by atoms with Crippen LogP contribution in [0.15, 0.2) is 18.2 Å². The second kappa shape index (κ2) is 6.40. The predicted molar refractivity (Wildman–Crippen MR) is 79.8 cm³/mol. The van der Waals surface area contributed by atoms with Gasteiger partial charge in [0.1, 0.15) is 5.75 Å². The number of benzene rings is 1. The summed E-state index contributed by atoms with van der Waals surface area (Å²) in [7, 11) is 3.96. The van der Waals surface area contributed by atoms with Gasteiger partial charge in [0.25, 0.3) is 0 Å². The molecule has 1 N–H and O–H groups in total. The Hall–Kier alpha value is -1.06. The van der Waals surface area contributed by atoms with E-state index in [1.165, 1.54) is 17.5 Å². The van der Waals surface area contributed by atoms with Crippen molar-refractivity contribution in [2.24, 2.45) is 0 Å². The second-order valence-corrected chi connectivity index (χ2v) is 5.28. The van der Waals surface area contributed by atoms with E-state index in [1.807, 2.05) is 0 Å². The van der Waals surface area contributed by atoms with Crippen LogP contribution in [-0.2, 0) is 6.42 Å². The molecule has 0 heterocycles. The highest BCUT2D eigenvalue weighted by Crippen LogP contribution is 2.34. The number of hydrogen-bond acceptors (Lipinski definition) is 3. The summed E-state index contributed by atoms with van der Waals surface area (Å²) in [6.45, 7) is 6.49. The Labute approximate surface area is 116 Å². The topological polar surface area (TPSA) is 24.5 Å². The number of fused-ring (bicyclic) bond motifs is 1. The molecule has 0 bridgehead atoms. The van der Waals surface area contributed by atoms with Crippen molar-refractivity contribution < 1.29 is 4.74 Å². The van der Waals surface area contributed by atoms with Gasteiger partial charge in [0.05, 0.1) is 7.11 Å². The van der Waals surface area contributed by atoms with Crippen molar-refractivity contribution in [3.8, 4) is 5.75 Å². The Morgan fingerprint density at radius 1 is 1.37 bits per heavy atom. The molecule has 0 amide bonds. The number of nitrogens with zero attached hydrogens (tertiary/aromatic N) is 1. The Balaban J connectivity index is 2.35. The van der Waals surface area contributed by atoms with E-state index in [9.17, 15) is 0 Å². The van der Waals surface area contributed by atoms with E-state index >= 15 is 0 Å². The summed E-state index contributed by atoms with van der Waals surface area (Å²) in [5.74, 6) is 0.960. The maximum absolute atomic E-state index is 5.39. The van der Waals surface area contributed by atoms with Crippen molar-refractivity contribution in [2.75, 3.05) is 27.2 Å². The van der Waals surface area contributed by atoms with Gasteiger partial charge in [0, 0.05) is 12.1 Å². The fourth-order valence-electron chi connectivity index (χ4n) is 3.07. The molecule has 3 nitrogen and oxygen atoms in total. The first-order valence-electron chi connectivity index (χ1n) is 7.31. The minimum absolute atomic E-state index is 0.411. The van der Waals surface area contributed by atoms with Gasteiger partial charge >= 0.3 is 0 Å². The molecule has 0 saturated heterocycles. The predicted octanol–water partition coefficient (Wildman–Crippen LogP) is 2.61. The zero-order chi connectivity index (χ0) is 13.8. The molecule has 0 aromatic heterocycles. The quantitative estimate of drug-likeness (QED) is 0.883. The summed E-state index contributed by atoms with van der Waals surface area (Å²) in [5, 5.41) is 3.66. The Morgan fingerprint density at radius 2 is 2.16 bits per heavy atom. The first kappa shape index (κ1) is 14.4. The lowest BCUT2D eigenvalue weighted by Crippen LogP contribution is -2.45. The monoisotopic (exact) mass is 262 g/mol. The first-order valence-corrected chi connectivity index (χ1v) is 7.31. The number of hydrogen-bond donors (Lipinski definition) is 1. The third kappa shape index (κ3) is 2.93. The summed E-state index contributed by atoms with van der Waals surface area (Å²) in [6, 6.07) is 7.49. The average molecular weight is 262 g/mol. The highest BCUT2D eigenvalue weighted by atomic mass is 16.5. The third-order valence-corrected chi connectivity index (χ3v) is 4.27. The first-order chi connectivity index (χ1) is 9.21. The van der Waals surface area contributed by atoms with Gasteiger partial charge in [-0.05, 0) is 56.2 Å². The molecule has 1 aliphatic rings. The molecule has 2 unspecified atom stereocenters. The lowest BCUT2D eigenvalue weighted by molar-refractivity contribution is 0.181. The Morgan fingerprint density at radius 3 is 2.79 bits per heavy atom. The molecule has 19 heavy (non-hydrogen) atoms. The van der Waals surface area contributed by atoms with Crippen molar-refractivity contribution in [1.29, 1.82) is 0 Å². The molecule has 0 spiro atoms. The molecular formula is C16H26N2O. The van der Waals surface area contributed by atoms with E-state index in [0.29, 0.717) is 12.1 Å². The van der Waals surface area contributed by atoms with Gasteiger partial charge in [-0.1, -0.05) is 19.9 Å². The molecular weight excluding hydrogens is 236 g/mol. The number of rotatable bonds is 5. The van der Waals surface area contributed by atoms with E-state index in [2.05, 4.69) is 49.3 Å². The van der Waals surface area contributed by atoms with E-state index in [4.69, 9.17) is 4.74 Å². The van der Waals surface area contributed by atoms with Crippen molar-refractivity contribution >= 4 is 0 Å². The molecule has 1 aromatic carbocycles. The van der Waals surface area contributed by atoms with Gasteiger partial charge < -0.3 is 15.0 Å². The van der Waals surface area contributed by atoms with Gasteiger partial charge in [0.15, 0.2) is 0 Å². The van der Waals surface area contributed by atoms with E-state index < -0.39 is 0 Å². The van der Waals surface area contributed by atoms with Crippen LogP contribution in [0.2, 0.25) is 0 Å². The average Bonchev–Trinajstić information content (AvgIpc) is 2.46. The minimum atomic E-state index is 0.411. The Bertz CT molecular complexity index is 419. The highest BCUT2D eigenvalue weighted by Gasteiger charge is 2.31. The van der Waals surface area contributed by atoms with E-state index in [-0.39, 0.29) is 0 Å². The van der Waals surface area contributed by atoms with Gasteiger partial charge in [0.2, 0.25) is 0 Å². The molecule has 2 rings (SSSR count). The molecule has 0 aliphatic heterocycles. The van der Waals surface area contributed by atoms with Crippen LogP contribution in [0.25, 0.3) is 0 Å². The second-order valence-electron chi connectivity index (χ2n) is 5.28. The van der Waals surface area contributed by atoms with E-state index in [0.717, 1.165) is 25.3 Å². The SMILES string of the molecule is CCNC1c2cc(OC)ccc2CCC1N(C)CC. The normalized spacial score (nSPS) is 22.4. The molecule has 106 valence electrons. The number of aryl methyl sites for hydroxylation is 1. The van der Waals surface area contributed by atoms with Crippen LogP contribution in [0, 0.1) is 0 Å². The fourth-order valence-corrected chi connectivity index (χ4v) is 3.07. The van der Waals surface area contributed by atoms with Crippen LogP contribution in [0.1, 0.15) is 37.4 Å². The van der Waals surface area contributed by atoms with Gasteiger partial charge in [-0.15, -0.1) is 0 Å². The third-order valence-electron chi connectivity index (χ3n) is 4.27. The van der Waals surface area contributed by atoms with Crippen molar-refractivity contribution in [3.05, 3.63) is 29.3 Å². The molecule has 0 fully saturated rings. The van der Waals surface area contributed by atoms with Crippen LogP contribution in [0.4, 0.5) is 0 Å². The summed E-state index contributed by atoms with van der Waals surface area (Å²) in [4.78, 5) is 2.45. The zero-order valence-corrected chi connectivity index (χ0v) is 12.6. The van der Waals surface area contributed by atoms with Crippen molar-refractivity contribution in [3.63, 3.8) is 0 Å². The molecule has 2 atom stereocenters. The van der Waals surface area contributed by atoms with Crippen LogP contribution >= 0.6 is 0 Å². The lowest BCUT2D eigenvalue weighted by atomic mass is 9.83. The number of likely N-dealkylation sites (N-methyl/N-ethyl adjacent to an activating group) is 2. The Kier molecular flexibility index (Phi) is 4.83. The van der Waals surface area contributed by atoms with Gasteiger partial charge in [-0.25, -0.2) is 0 Å². The van der Waals surface area contributed by atoms with Crippen LogP contribution < -0.4 is 10.1 Å². The molecule has 0 saturated carbocycles. The smallest absolute Gasteiger partial charge is 0.119 e. The molecule has 0 radical (unpaired) electrons. The zero-order valence-electron chi connectivity index (χ0n) is 12.6. The van der Waals surface area contributed by atoms with Crippen LogP contribution in [0.5, 0.6) is 5.75 Å². The largest absolute Gasteiger partial charge is 0.497 e. The fraction of sp³-hybridized carbons (Fsp3) is 0.625. The number of ether oxygens (including phenoxy) is 1.